The number of ether oxygens (including phenoxy) is 2. The van der Waals surface area contributed by atoms with E-state index in [2.05, 4.69) is 34.4 Å². The molecule has 0 aliphatic carbocycles. The van der Waals surface area contributed by atoms with Crippen molar-refractivity contribution in [3.8, 4) is 0 Å². The van der Waals surface area contributed by atoms with Crippen LogP contribution in [0, 0.1) is 24.7 Å². The van der Waals surface area contributed by atoms with Crippen molar-refractivity contribution in [3.63, 3.8) is 0 Å². The van der Waals surface area contributed by atoms with Crippen molar-refractivity contribution in [2.75, 3.05) is 24.7 Å². The van der Waals surface area contributed by atoms with Crippen LogP contribution in [0.1, 0.15) is 56.7 Å². The Hall–Kier alpha value is -3.51. The number of amides is 3. The summed E-state index contributed by atoms with van der Waals surface area (Å²) in [4.78, 5) is 59.6. The van der Waals surface area contributed by atoms with E-state index < -0.39 is 65.4 Å². The molecule has 9 atom stereocenters. The zero-order valence-corrected chi connectivity index (χ0v) is 31.6. The zero-order chi connectivity index (χ0) is 37.0. The van der Waals surface area contributed by atoms with Crippen LogP contribution in [0.5, 0.6) is 0 Å². The van der Waals surface area contributed by atoms with E-state index in [-0.39, 0.29) is 43.3 Å². The summed E-state index contributed by atoms with van der Waals surface area (Å²) >= 11 is 10.5. The lowest BCUT2D eigenvalue weighted by atomic mass is 9.70. The molecule has 51 heavy (non-hydrogen) atoms. The van der Waals surface area contributed by atoms with E-state index in [1.54, 1.807) is 24.3 Å². The molecule has 5 rings (SSSR count). The number of para-hydroxylation sites is 1. The van der Waals surface area contributed by atoms with Gasteiger partial charge in [-0.2, -0.15) is 0 Å². The first-order valence-electron chi connectivity index (χ1n) is 17.5. The molecule has 2 aromatic rings. The average molecular weight is 785 g/mol. The van der Waals surface area contributed by atoms with Crippen LogP contribution in [-0.2, 0) is 28.7 Å². The Labute approximate surface area is 313 Å². The molecule has 1 spiro atoms. The number of aliphatic hydroxyl groups is 1. The Kier molecular flexibility index (Phi) is 12.5. The molecule has 12 heteroatoms. The topological polar surface area (TPSA) is 125 Å². The number of halogens is 2. The molecule has 1 unspecified atom stereocenters. The Balaban J connectivity index is 1.56. The minimum absolute atomic E-state index is 0.102. The molecule has 3 aliphatic heterocycles. The lowest BCUT2D eigenvalue weighted by Crippen LogP contribution is -2.60. The van der Waals surface area contributed by atoms with E-state index in [1.165, 1.54) is 9.80 Å². The molecule has 2 bridgehead atoms. The number of fused-ring (bicyclic) bond motifs is 1. The summed E-state index contributed by atoms with van der Waals surface area (Å²) in [6.07, 6.45) is 4.04. The number of benzene rings is 2. The number of likely N-dealkylation sites (tertiary alicyclic amines) is 1. The first kappa shape index (κ1) is 38.7. The second-order valence-electron chi connectivity index (χ2n) is 13.7. The number of hydrogen-bond acceptors (Lipinski definition) is 7. The number of esters is 1. The lowest BCUT2D eigenvalue weighted by Gasteiger charge is -2.41. The fraction of sp³-hybridized carbons (Fsp3) is 0.487. The summed E-state index contributed by atoms with van der Waals surface area (Å²) in [5.41, 5.74) is 0.582. The number of nitrogens with one attached hydrogen (secondary N) is 1. The van der Waals surface area contributed by atoms with Gasteiger partial charge in [-0.25, -0.2) is 0 Å². The highest BCUT2D eigenvalue weighted by Crippen LogP contribution is 2.61. The van der Waals surface area contributed by atoms with Gasteiger partial charge in [0.05, 0.1) is 47.3 Å². The maximum Gasteiger partial charge on any atom is 0.306 e. The van der Waals surface area contributed by atoms with Gasteiger partial charge in [-0.1, -0.05) is 102 Å². The Morgan fingerprint density at radius 1 is 1.20 bits per heavy atom. The monoisotopic (exact) mass is 783 g/mol. The van der Waals surface area contributed by atoms with Crippen molar-refractivity contribution in [1.29, 1.82) is 0 Å². The lowest BCUT2D eigenvalue weighted by molar-refractivity contribution is -0.147. The smallest absolute Gasteiger partial charge is 0.306 e. The van der Waals surface area contributed by atoms with Gasteiger partial charge < -0.3 is 29.7 Å². The van der Waals surface area contributed by atoms with E-state index in [9.17, 15) is 19.5 Å². The Morgan fingerprint density at radius 3 is 2.55 bits per heavy atom. The van der Waals surface area contributed by atoms with Crippen molar-refractivity contribution < 1.29 is 33.8 Å². The van der Waals surface area contributed by atoms with Crippen LogP contribution in [0.15, 0.2) is 73.8 Å². The fourth-order valence-corrected chi connectivity index (χ4v) is 9.26. The van der Waals surface area contributed by atoms with E-state index in [0.29, 0.717) is 23.6 Å². The molecular formula is C39H47BrClN3O7. The van der Waals surface area contributed by atoms with Gasteiger partial charge in [-0.3, -0.25) is 19.2 Å². The minimum Gasteiger partial charge on any atom is -0.463 e. The molecule has 3 saturated heterocycles. The predicted molar refractivity (Wildman–Crippen MR) is 199 cm³/mol. The van der Waals surface area contributed by atoms with Crippen molar-refractivity contribution in [2.45, 2.75) is 81.1 Å². The summed E-state index contributed by atoms with van der Waals surface area (Å²) in [5, 5.41) is 14.2. The zero-order valence-electron chi connectivity index (χ0n) is 29.3. The second kappa shape index (κ2) is 16.4. The molecular weight excluding hydrogens is 738 g/mol. The molecule has 2 aromatic carbocycles. The molecule has 10 nitrogen and oxygen atoms in total. The molecule has 0 radical (unpaired) electrons. The van der Waals surface area contributed by atoms with Crippen LogP contribution in [0.2, 0.25) is 5.02 Å². The highest BCUT2D eigenvalue weighted by molar-refractivity contribution is 9.09. The number of carbonyl (C=O) groups is 4. The summed E-state index contributed by atoms with van der Waals surface area (Å²) in [5.74, 6) is -3.91. The normalized spacial score (nSPS) is 26.6. The molecule has 3 heterocycles. The summed E-state index contributed by atoms with van der Waals surface area (Å²) < 4.78 is 12.3. The number of alkyl halides is 1. The van der Waals surface area contributed by atoms with Gasteiger partial charge in [0.25, 0.3) is 5.91 Å². The van der Waals surface area contributed by atoms with E-state index in [0.717, 1.165) is 11.1 Å². The quantitative estimate of drug-likeness (QED) is 0.127. The number of rotatable bonds is 16. The first-order valence-corrected chi connectivity index (χ1v) is 18.8. The van der Waals surface area contributed by atoms with Gasteiger partial charge in [0.1, 0.15) is 18.2 Å². The summed E-state index contributed by atoms with van der Waals surface area (Å²) in [6.45, 7) is 12.9. The number of nitrogens with zero attached hydrogens (tertiary/aromatic N) is 2. The van der Waals surface area contributed by atoms with Crippen LogP contribution >= 0.6 is 27.5 Å². The second-order valence-corrected chi connectivity index (χ2v) is 15.3. The number of hydrogen-bond donors (Lipinski definition) is 2. The SMILES string of the molecule is C=CCCC(=O)OC[C@@H](NC(=O)[C@@H]1[C@H]2O[C@@]3(CC2Br)[C@H](C(=O)N(CC=C)c2c(C)cccc2Cl)N([C@@H](CO)[C@@H](C)CC)C(=O)[C@@H]13)c1ccccc1. The van der Waals surface area contributed by atoms with Gasteiger partial charge in [0.15, 0.2) is 0 Å². The van der Waals surface area contributed by atoms with E-state index >= 15 is 4.79 Å². The summed E-state index contributed by atoms with van der Waals surface area (Å²) in [7, 11) is 0. The predicted octanol–water partition coefficient (Wildman–Crippen LogP) is 5.69. The molecule has 3 amide bonds. The van der Waals surface area contributed by atoms with Gasteiger partial charge in [-0.05, 0) is 42.9 Å². The molecule has 3 fully saturated rings. The third kappa shape index (κ3) is 7.27. The molecule has 0 aromatic heterocycles. The Morgan fingerprint density at radius 2 is 1.92 bits per heavy atom. The van der Waals surface area contributed by atoms with E-state index in [1.807, 2.05) is 57.2 Å². The minimum atomic E-state index is -1.39. The van der Waals surface area contributed by atoms with Gasteiger partial charge in [0.2, 0.25) is 11.8 Å². The van der Waals surface area contributed by atoms with Crippen molar-refractivity contribution in [1.82, 2.24) is 10.2 Å². The van der Waals surface area contributed by atoms with E-state index in [4.69, 9.17) is 21.1 Å². The maximum atomic E-state index is 15.1. The fourth-order valence-electron chi connectivity index (χ4n) is 7.99. The van der Waals surface area contributed by atoms with Crippen LogP contribution in [0.25, 0.3) is 0 Å². The highest BCUT2D eigenvalue weighted by atomic mass is 79.9. The number of anilines is 1. The van der Waals surface area contributed by atoms with Crippen molar-refractivity contribution in [3.05, 3.63) is 90.0 Å². The van der Waals surface area contributed by atoms with Crippen LogP contribution < -0.4 is 10.2 Å². The highest BCUT2D eigenvalue weighted by Gasteiger charge is 2.77. The number of carbonyl (C=O) groups excluding carboxylic acids is 4. The largest absolute Gasteiger partial charge is 0.463 e. The average Bonchev–Trinajstić information content (AvgIpc) is 3.72. The van der Waals surface area contributed by atoms with Crippen LogP contribution in [0.4, 0.5) is 5.69 Å². The number of aliphatic hydroxyl groups excluding tert-OH is 1. The third-order valence-electron chi connectivity index (χ3n) is 10.6. The molecule has 0 saturated carbocycles. The number of allylic oxidation sites excluding steroid dienone is 1. The molecule has 274 valence electrons. The van der Waals surface area contributed by atoms with Crippen LogP contribution in [0.3, 0.4) is 0 Å². The standard InChI is InChI=1S/C39H47BrClN3O7/c1-6-9-18-30(46)50-22-28(25-15-11-10-12-16-25)42-36(47)31-32-37(48)44(29(21-45)23(4)8-3)35(39(32)20-26(40)34(31)51-39)38(49)43(19-7-2)33-24(5)14-13-17-27(33)41/h6-7,10-17,23,26,28-29,31-32,34-35,45H,1-2,8-9,18-22H2,3-5H3,(H,42,47)/t23-,26?,28+,29-,31-,32+,34-,35-,39+/m0/s1. The van der Waals surface area contributed by atoms with Gasteiger partial charge >= 0.3 is 5.97 Å². The van der Waals surface area contributed by atoms with Gasteiger partial charge in [0, 0.05) is 17.8 Å². The third-order valence-corrected chi connectivity index (χ3v) is 11.8. The molecule has 2 N–H and O–H groups in total. The number of aryl methyl sites for hydroxylation is 1. The van der Waals surface area contributed by atoms with Crippen molar-refractivity contribution >= 4 is 56.9 Å². The van der Waals surface area contributed by atoms with Crippen molar-refractivity contribution in [2.24, 2.45) is 17.8 Å². The summed E-state index contributed by atoms with van der Waals surface area (Å²) in [6, 6.07) is 11.9. The van der Waals surface area contributed by atoms with Gasteiger partial charge in [-0.15, -0.1) is 13.2 Å². The van der Waals surface area contributed by atoms with Crippen LogP contribution in [-0.4, -0.2) is 82.1 Å². The molecule has 3 aliphatic rings. The first-order chi connectivity index (χ1) is 24.4. The Bertz CT molecular complexity index is 1620. The maximum absolute atomic E-state index is 15.1.